The van der Waals surface area contributed by atoms with Gasteiger partial charge in [-0.3, -0.25) is 13.6 Å². The largest absolute Gasteiger partial charge is 1.00 e. The summed E-state index contributed by atoms with van der Waals surface area (Å²) in [4.78, 5) is 11.0. The number of ether oxygens (including phenoxy) is 1. The fourth-order valence-electron chi connectivity index (χ4n) is 0.810. The number of esters is 1. The van der Waals surface area contributed by atoms with Crippen molar-refractivity contribution in [3.8, 4) is 5.75 Å². The van der Waals surface area contributed by atoms with Crippen LogP contribution in [0.3, 0.4) is 0 Å². The minimum Gasteiger partial charge on any atom is -0.447 e. The third-order valence-electron chi connectivity index (χ3n) is 1.68. The summed E-state index contributed by atoms with van der Waals surface area (Å²) in [6, 6.07) is 1.17. The molecule has 1 aromatic carbocycles. The Balaban J connectivity index is 0.00000256. The van der Waals surface area contributed by atoms with Gasteiger partial charge >= 0.3 is 35.5 Å². The Morgan fingerprint density at radius 2 is 1.53 bits per heavy atom. The Kier molecular flexibility index (Phi) is 6.15. The van der Waals surface area contributed by atoms with Gasteiger partial charge in [0.25, 0.3) is 0 Å². The Labute approximate surface area is 117 Å². The zero-order valence-electron chi connectivity index (χ0n) is 9.41. The van der Waals surface area contributed by atoms with E-state index in [2.05, 4.69) is 4.74 Å². The summed E-state index contributed by atoms with van der Waals surface area (Å²) >= 11 is 0. The summed E-state index contributed by atoms with van der Waals surface area (Å²) in [7, 11) is 0. The van der Waals surface area contributed by atoms with Gasteiger partial charge < -0.3 is 4.74 Å². The zero-order chi connectivity index (χ0) is 12.5. The maximum absolute atomic E-state index is 13.0. The first kappa shape index (κ1) is 16.4. The molecule has 0 radical (unpaired) electrons. The molecule has 0 atom stereocenters. The molecule has 7 heteroatoms. The van der Waals surface area contributed by atoms with Crippen LogP contribution in [0.15, 0.2) is 0 Å². The molecule has 2 nitrogen and oxygen atoms in total. The molecule has 1 aromatic rings. The van der Waals surface area contributed by atoms with Crippen molar-refractivity contribution in [1.29, 1.82) is 0 Å². The van der Waals surface area contributed by atoms with E-state index in [1.807, 2.05) is 0 Å². The molecule has 0 saturated carbocycles. The SMILES string of the molecule is CC(C)C(=O)Oc1c(F)c(F)[c-]c(F)c1F.[Na+]. The minimum atomic E-state index is -1.78. The fraction of sp³-hybridized carbons (Fsp3) is 0.300. The van der Waals surface area contributed by atoms with Gasteiger partial charge in [-0.25, -0.2) is 8.78 Å². The summed E-state index contributed by atoms with van der Waals surface area (Å²) in [6.07, 6.45) is 0. The molecule has 0 aromatic heterocycles. The summed E-state index contributed by atoms with van der Waals surface area (Å²) in [5.74, 6) is -10.1. The maximum Gasteiger partial charge on any atom is 1.00 e. The number of halogens is 4. The molecular weight excluding hydrogens is 251 g/mol. The molecule has 0 fully saturated rings. The standard InChI is InChI=1S/C10H7F4O2.Na/c1-4(2)10(15)16-9-7(13)5(11)3-6(12)8(9)14;/h4H,1-2H3;/q-1;+1. The van der Waals surface area contributed by atoms with Crippen LogP contribution in [-0.4, -0.2) is 5.97 Å². The van der Waals surface area contributed by atoms with Crippen molar-refractivity contribution in [2.45, 2.75) is 13.8 Å². The molecule has 1 rings (SSSR count). The third kappa shape index (κ3) is 3.69. The molecule has 0 N–H and O–H groups in total. The average molecular weight is 258 g/mol. The molecule has 0 aliphatic carbocycles. The zero-order valence-corrected chi connectivity index (χ0v) is 11.4. The van der Waals surface area contributed by atoms with Gasteiger partial charge in [0.2, 0.25) is 0 Å². The molecule has 0 amide bonds. The third-order valence-corrected chi connectivity index (χ3v) is 1.68. The summed E-state index contributed by atoms with van der Waals surface area (Å²) < 4.78 is 55.4. The van der Waals surface area contributed by atoms with E-state index < -0.39 is 40.9 Å². The maximum atomic E-state index is 13.0. The monoisotopic (exact) mass is 258 g/mol. The number of hydrogen-bond donors (Lipinski definition) is 0. The summed E-state index contributed by atoms with van der Waals surface area (Å²) in [6.45, 7) is 2.81. The van der Waals surface area contributed by atoms with Crippen molar-refractivity contribution in [2.75, 3.05) is 0 Å². The fourth-order valence-corrected chi connectivity index (χ4v) is 0.810. The first-order valence-electron chi connectivity index (χ1n) is 4.31. The second kappa shape index (κ2) is 6.37. The number of hydrogen-bond acceptors (Lipinski definition) is 2. The average Bonchev–Trinajstić information content (AvgIpc) is 2.21. The Morgan fingerprint density at radius 1 is 1.12 bits per heavy atom. The van der Waals surface area contributed by atoms with Gasteiger partial charge in [0.05, 0.1) is 34.9 Å². The van der Waals surface area contributed by atoms with E-state index in [1.54, 1.807) is 0 Å². The predicted octanol–water partition coefficient (Wildman–Crippen LogP) is -0.391. The van der Waals surface area contributed by atoms with E-state index >= 15 is 0 Å². The van der Waals surface area contributed by atoms with Crippen molar-refractivity contribution in [1.82, 2.24) is 0 Å². The second-order valence-electron chi connectivity index (χ2n) is 3.29. The second-order valence-corrected chi connectivity index (χ2v) is 3.29. The van der Waals surface area contributed by atoms with E-state index in [4.69, 9.17) is 0 Å². The predicted molar refractivity (Wildman–Crippen MR) is 45.6 cm³/mol. The topological polar surface area (TPSA) is 26.3 Å². The van der Waals surface area contributed by atoms with E-state index in [1.165, 1.54) is 19.9 Å². The Morgan fingerprint density at radius 3 is 1.88 bits per heavy atom. The first-order chi connectivity index (χ1) is 7.34. The Bertz CT molecular complexity index is 409. The van der Waals surface area contributed by atoms with Gasteiger partial charge in [-0.15, -0.1) is 6.07 Å². The normalized spacial score (nSPS) is 10.1. The first-order valence-corrected chi connectivity index (χ1v) is 4.31. The van der Waals surface area contributed by atoms with Gasteiger partial charge in [-0.05, 0) is 0 Å². The molecule has 0 spiro atoms. The summed E-state index contributed by atoms with van der Waals surface area (Å²) in [5, 5.41) is 0. The minimum absolute atomic E-state index is 0. The summed E-state index contributed by atoms with van der Waals surface area (Å²) in [5.41, 5.74) is 0. The van der Waals surface area contributed by atoms with E-state index in [-0.39, 0.29) is 29.6 Å². The van der Waals surface area contributed by atoms with Crippen LogP contribution in [-0.2, 0) is 4.79 Å². The number of rotatable bonds is 2. The molecule has 17 heavy (non-hydrogen) atoms. The number of carbonyl (C=O) groups is 1. The van der Waals surface area contributed by atoms with E-state index in [9.17, 15) is 22.4 Å². The van der Waals surface area contributed by atoms with Crippen LogP contribution in [0.2, 0.25) is 0 Å². The molecule has 88 valence electrons. The van der Waals surface area contributed by atoms with Crippen molar-refractivity contribution in [3.05, 3.63) is 29.3 Å². The van der Waals surface area contributed by atoms with Crippen molar-refractivity contribution in [3.63, 3.8) is 0 Å². The Hall–Kier alpha value is -0.590. The molecule has 0 unspecified atom stereocenters. The van der Waals surface area contributed by atoms with Crippen molar-refractivity contribution >= 4 is 5.97 Å². The van der Waals surface area contributed by atoms with Crippen molar-refractivity contribution < 1.29 is 56.7 Å². The van der Waals surface area contributed by atoms with E-state index in [0.29, 0.717) is 0 Å². The van der Waals surface area contributed by atoms with Crippen LogP contribution >= 0.6 is 0 Å². The van der Waals surface area contributed by atoms with Gasteiger partial charge in [0.15, 0.2) is 0 Å². The molecule has 0 heterocycles. The van der Waals surface area contributed by atoms with Crippen molar-refractivity contribution in [2.24, 2.45) is 5.92 Å². The quantitative estimate of drug-likeness (QED) is 0.180. The van der Waals surface area contributed by atoms with Gasteiger partial charge in [0, 0.05) is 0 Å². The van der Waals surface area contributed by atoms with Gasteiger partial charge in [0.1, 0.15) is 0 Å². The molecular formula is C10H7F4NaO2. The van der Waals surface area contributed by atoms with Crippen LogP contribution in [0.4, 0.5) is 17.6 Å². The van der Waals surface area contributed by atoms with Gasteiger partial charge in [-0.2, -0.15) is 0 Å². The van der Waals surface area contributed by atoms with Crippen LogP contribution in [0.25, 0.3) is 0 Å². The van der Waals surface area contributed by atoms with Crippen LogP contribution in [0.5, 0.6) is 5.75 Å². The van der Waals surface area contributed by atoms with E-state index in [0.717, 1.165) is 0 Å². The van der Waals surface area contributed by atoms with Crippen LogP contribution < -0.4 is 34.3 Å². The van der Waals surface area contributed by atoms with Gasteiger partial charge in [-0.1, -0.05) is 13.8 Å². The molecule has 0 aliphatic rings. The molecule has 0 saturated heterocycles. The molecule has 0 aliphatic heterocycles. The smallest absolute Gasteiger partial charge is 0.447 e. The number of carbonyl (C=O) groups excluding carboxylic acids is 1. The number of benzene rings is 1. The van der Waals surface area contributed by atoms with Crippen LogP contribution in [0, 0.1) is 35.3 Å². The van der Waals surface area contributed by atoms with Crippen LogP contribution in [0.1, 0.15) is 13.8 Å². The molecule has 0 bridgehead atoms.